The summed E-state index contributed by atoms with van der Waals surface area (Å²) in [6.07, 6.45) is 0.338. The fourth-order valence-corrected chi connectivity index (χ4v) is 3.19. The quantitative estimate of drug-likeness (QED) is 0.332. The topological polar surface area (TPSA) is 105 Å². The summed E-state index contributed by atoms with van der Waals surface area (Å²) in [4.78, 5) is 29.4. The molecule has 1 amide bonds. The summed E-state index contributed by atoms with van der Waals surface area (Å²) in [5.41, 5.74) is 8.30. The van der Waals surface area contributed by atoms with Gasteiger partial charge < -0.3 is 5.32 Å². The first-order valence-electron chi connectivity index (χ1n) is 10.4. The van der Waals surface area contributed by atoms with Crippen LogP contribution in [0, 0.1) is 13.8 Å². The van der Waals surface area contributed by atoms with Crippen LogP contribution in [0.1, 0.15) is 27.3 Å². The molecule has 0 saturated heterocycles. The molecule has 35 heavy (non-hydrogen) atoms. The Balaban J connectivity index is 1.40. The minimum Gasteiger partial charge on any atom is -0.354 e. The molecule has 0 aliphatic rings. The fraction of sp³-hybridized carbons (Fsp3) is 0.125. The molecular formula is C24H20F3N7O. The maximum absolute atomic E-state index is 12.9. The first-order valence-corrected chi connectivity index (χ1v) is 10.4. The largest absolute Gasteiger partial charge is 0.416 e. The zero-order valence-corrected chi connectivity index (χ0v) is 18.7. The minimum atomic E-state index is -4.44. The molecule has 4 aromatic rings. The van der Waals surface area contributed by atoms with E-state index in [9.17, 15) is 18.0 Å². The van der Waals surface area contributed by atoms with Crippen LogP contribution in [0.25, 0.3) is 11.3 Å². The Bertz CT molecular complexity index is 1360. The van der Waals surface area contributed by atoms with Crippen LogP contribution in [0.4, 0.5) is 30.5 Å². The Hall–Kier alpha value is -4.54. The van der Waals surface area contributed by atoms with Crippen LogP contribution in [0.5, 0.6) is 0 Å². The predicted molar refractivity (Wildman–Crippen MR) is 125 cm³/mol. The molecule has 0 atom stereocenters. The van der Waals surface area contributed by atoms with Crippen LogP contribution in [0.2, 0.25) is 0 Å². The Morgan fingerprint density at radius 2 is 1.74 bits per heavy atom. The van der Waals surface area contributed by atoms with Gasteiger partial charge in [0, 0.05) is 29.3 Å². The molecule has 11 heteroatoms. The van der Waals surface area contributed by atoms with Gasteiger partial charge in [0.05, 0.1) is 23.1 Å². The van der Waals surface area contributed by atoms with E-state index >= 15 is 0 Å². The zero-order chi connectivity index (χ0) is 25.0. The van der Waals surface area contributed by atoms with Crippen molar-refractivity contribution in [3.63, 3.8) is 0 Å². The van der Waals surface area contributed by atoms with Crippen LogP contribution in [0.15, 0.2) is 67.1 Å². The lowest BCUT2D eigenvalue weighted by Crippen LogP contribution is -2.31. The van der Waals surface area contributed by atoms with E-state index < -0.39 is 17.6 Å². The zero-order valence-electron chi connectivity index (χ0n) is 18.7. The lowest BCUT2D eigenvalue weighted by molar-refractivity contribution is -0.137. The third-order valence-corrected chi connectivity index (χ3v) is 4.79. The average molecular weight is 479 g/mol. The standard InChI is InChI=1S/C24H20F3N7O/c1-14-8-16(12-28-11-14)21-9-15(2)30-23(32-21)34-33-22(35)20-7-6-19(13-29-20)31-18-5-3-4-17(10-18)24(25,26)27/h3-13,31H,1-2H3,(H,33,35)(H,30,32,34). The number of benzene rings is 1. The van der Waals surface area contributed by atoms with Crippen molar-refractivity contribution in [2.24, 2.45) is 0 Å². The van der Waals surface area contributed by atoms with Crippen molar-refractivity contribution in [2.75, 3.05) is 10.7 Å². The van der Waals surface area contributed by atoms with Crippen molar-refractivity contribution in [2.45, 2.75) is 20.0 Å². The first kappa shape index (κ1) is 23.6. The lowest BCUT2D eigenvalue weighted by Gasteiger charge is -2.11. The van der Waals surface area contributed by atoms with Gasteiger partial charge in [0.2, 0.25) is 5.95 Å². The van der Waals surface area contributed by atoms with Gasteiger partial charge in [-0.15, -0.1) is 0 Å². The van der Waals surface area contributed by atoms with Crippen LogP contribution in [-0.4, -0.2) is 25.8 Å². The average Bonchev–Trinajstić information content (AvgIpc) is 2.82. The number of rotatable bonds is 6. The fourth-order valence-electron chi connectivity index (χ4n) is 3.19. The van der Waals surface area contributed by atoms with Crippen molar-refractivity contribution in [3.05, 3.63) is 89.6 Å². The highest BCUT2D eigenvalue weighted by atomic mass is 19.4. The van der Waals surface area contributed by atoms with E-state index in [-0.39, 0.29) is 17.3 Å². The smallest absolute Gasteiger partial charge is 0.354 e. The summed E-state index contributed by atoms with van der Waals surface area (Å²) < 4.78 is 38.7. The van der Waals surface area contributed by atoms with E-state index in [4.69, 9.17) is 0 Å². The number of carbonyl (C=O) groups is 1. The number of hydrazine groups is 1. The van der Waals surface area contributed by atoms with E-state index in [1.807, 2.05) is 13.0 Å². The van der Waals surface area contributed by atoms with Gasteiger partial charge in [0.1, 0.15) is 5.69 Å². The number of pyridine rings is 2. The van der Waals surface area contributed by atoms with Crippen molar-refractivity contribution in [3.8, 4) is 11.3 Å². The monoisotopic (exact) mass is 479 g/mol. The second kappa shape index (κ2) is 9.75. The molecule has 8 nitrogen and oxygen atoms in total. The highest BCUT2D eigenvalue weighted by molar-refractivity contribution is 5.93. The molecule has 3 N–H and O–H groups in total. The lowest BCUT2D eigenvalue weighted by atomic mass is 10.1. The van der Waals surface area contributed by atoms with Crippen LogP contribution >= 0.6 is 0 Å². The number of alkyl halides is 3. The number of hydrogen-bond donors (Lipinski definition) is 3. The van der Waals surface area contributed by atoms with E-state index in [1.165, 1.54) is 30.5 Å². The molecular weight excluding hydrogens is 459 g/mol. The first-order chi connectivity index (χ1) is 16.7. The van der Waals surface area contributed by atoms with E-state index in [1.54, 1.807) is 25.4 Å². The molecule has 0 fully saturated rings. The SMILES string of the molecule is Cc1cncc(-c2cc(C)nc(NNC(=O)c3ccc(Nc4cccc(C(F)(F)F)c4)cn3)n2)c1. The number of aryl methyl sites for hydroxylation is 2. The maximum Gasteiger partial charge on any atom is 0.416 e. The number of halogens is 3. The summed E-state index contributed by atoms with van der Waals surface area (Å²) in [7, 11) is 0. The Morgan fingerprint density at radius 1 is 0.914 bits per heavy atom. The Labute approximate surface area is 198 Å². The molecule has 0 unspecified atom stereocenters. The summed E-state index contributed by atoms with van der Waals surface area (Å²) in [5.74, 6) is -0.350. The van der Waals surface area contributed by atoms with E-state index in [0.717, 1.165) is 23.3 Å². The summed E-state index contributed by atoms with van der Waals surface area (Å²) in [6.45, 7) is 3.73. The number of nitrogens with zero attached hydrogens (tertiary/aromatic N) is 4. The van der Waals surface area contributed by atoms with Gasteiger partial charge in [0.25, 0.3) is 5.91 Å². The van der Waals surface area contributed by atoms with Gasteiger partial charge in [-0.05, 0) is 61.9 Å². The highest BCUT2D eigenvalue weighted by Crippen LogP contribution is 2.31. The van der Waals surface area contributed by atoms with E-state index in [0.29, 0.717) is 17.1 Å². The summed E-state index contributed by atoms with van der Waals surface area (Å²) >= 11 is 0. The Morgan fingerprint density at radius 3 is 2.46 bits per heavy atom. The number of hydrogen-bond acceptors (Lipinski definition) is 7. The van der Waals surface area contributed by atoms with E-state index in [2.05, 4.69) is 36.1 Å². The number of nitrogens with one attached hydrogen (secondary N) is 3. The molecule has 0 saturated carbocycles. The van der Waals surface area contributed by atoms with Crippen molar-refractivity contribution in [1.29, 1.82) is 0 Å². The number of amides is 1. The predicted octanol–water partition coefficient (Wildman–Crippen LogP) is 5.07. The molecule has 4 rings (SSSR count). The van der Waals surface area contributed by atoms with Gasteiger partial charge in [-0.1, -0.05) is 6.07 Å². The maximum atomic E-state index is 12.9. The van der Waals surface area contributed by atoms with Gasteiger partial charge in [-0.25, -0.2) is 15.0 Å². The number of anilines is 3. The molecule has 3 heterocycles. The van der Waals surface area contributed by atoms with Gasteiger partial charge in [0.15, 0.2) is 0 Å². The molecule has 0 radical (unpaired) electrons. The van der Waals surface area contributed by atoms with Crippen molar-refractivity contribution in [1.82, 2.24) is 25.4 Å². The molecule has 178 valence electrons. The Kier molecular flexibility index (Phi) is 6.58. The normalized spacial score (nSPS) is 11.1. The molecule has 1 aromatic carbocycles. The van der Waals surface area contributed by atoms with Crippen molar-refractivity contribution >= 4 is 23.2 Å². The highest BCUT2D eigenvalue weighted by Gasteiger charge is 2.30. The van der Waals surface area contributed by atoms with Gasteiger partial charge >= 0.3 is 6.18 Å². The summed E-state index contributed by atoms with van der Waals surface area (Å²) in [5, 5.41) is 2.84. The van der Waals surface area contributed by atoms with Gasteiger partial charge in [-0.2, -0.15) is 13.2 Å². The third-order valence-electron chi connectivity index (χ3n) is 4.79. The number of aromatic nitrogens is 4. The molecule has 3 aromatic heterocycles. The molecule has 0 bridgehead atoms. The van der Waals surface area contributed by atoms with Crippen LogP contribution in [0.3, 0.4) is 0 Å². The van der Waals surface area contributed by atoms with Gasteiger partial charge in [-0.3, -0.25) is 20.6 Å². The minimum absolute atomic E-state index is 0.0860. The molecule has 0 aliphatic carbocycles. The number of carbonyl (C=O) groups excluding carboxylic acids is 1. The third kappa shape index (κ3) is 6.08. The molecule has 0 spiro atoms. The van der Waals surface area contributed by atoms with Crippen LogP contribution in [-0.2, 0) is 6.18 Å². The molecule has 0 aliphatic heterocycles. The second-order valence-electron chi connectivity index (χ2n) is 7.68. The van der Waals surface area contributed by atoms with Crippen LogP contribution < -0.4 is 16.2 Å². The second-order valence-corrected chi connectivity index (χ2v) is 7.68. The summed E-state index contributed by atoms with van der Waals surface area (Å²) in [6, 6.07) is 11.5. The van der Waals surface area contributed by atoms with Crippen molar-refractivity contribution < 1.29 is 18.0 Å².